The predicted octanol–water partition coefficient (Wildman–Crippen LogP) is 2.87. The van der Waals surface area contributed by atoms with Gasteiger partial charge in [0.2, 0.25) is 5.91 Å². The number of halogens is 1. The van der Waals surface area contributed by atoms with Crippen LogP contribution in [-0.4, -0.2) is 45.0 Å². The molecule has 0 saturated carbocycles. The molecule has 4 rings (SSSR count). The number of phenolic OH excluding ortho intramolecular Hbond substituents is 1. The minimum atomic E-state index is -0.679. The van der Waals surface area contributed by atoms with E-state index in [4.69, 9.17) is 4.74 Å². The fourth-order valence-electron chi connectivity index (χ4n) is 3.15. The molecule has 1 fully saturated rings. The number of carbonyl (C=O) groups is 1. The molecule has 0 aliphatic carbocycles. The number of benzene rings is 1. The van der Waals surface area contributed by atoms with Crippen molar-refractivity contribution in [2.45, 2.75) is 0 Å². The highest BCUT2D eigenvalue weighted by Crippen LogP contribution is 2.31. The molecule has 6 nitrogen and oxygen atoms in total. The Morgan fingerprint density at radius 1 is 1.37 bits per heavy atom. The first-order valence-corrected chi connectivity index (χ1v) is 8.54. The zero-order valence-electron chi connectivity index (χ0n) is 14.5. The van der Waals surface area contributed by atoms with Crippen molar-refractivity contribution in [3.05, 3.63) is 61.5 Å². The topological polar surface area (TPSA) is 67.1 Å². The third-order valence-corrected chi connectivity index (χ3v) is 4.68. The quantitative estimate of drug-likeness (QED) is 0.704. The fourth-order valence-corrected chi connectivity index (χ4v) is 3.15. The smallest absolute Gasteiger partial charge is 0.245 e. The highest BCUT2D eigenvalue weighted by Gasteiger charge is 2.29. The summed E-state index contributed by atoms with van der Waals surface area (Å²) in [5, 5.41) is 9.39. The molecule has 7 heteroatoms. The van der Waals surface area contributed by atoms with Gasteiger partial charge >= 0.3 is 0 Å². The molecule has 27 heavy (non-hydrogen) atoms. The van der Waals surface area contributed by atoms with Crippen molar-refractivity contribution in [3.63, 3.8) is 0 Å². The van der Waals surface area contributed by atoms with Gasteiger partial charge in [-0.2, -0.15) is 0 Å². The number of ether oxygens (including phenoxy) is 1. The summed E-state index contributed by atoms with van der Waals surface area (Å²) in [7, 11) is 0. The Labute approximate surface area is 155 Å². The molecule has 0 atom stereocenters. The van der Waals surface area contributed by atoms with Crippen molar-refractivity contribution < 1.29 is 19.0 Å². The molecule has 1 N–H and O–H groups in total. The molecule has 0 spiro atoms. The van der Waals surface area contributed by atoms with Crippen LogP contribution in [0.4, 0.5) is 4.39 Å². The minimum Gasteiger partial charge on any atom is -0.505 e. The SMILES string of the molecule is C=CC(=O)N1CC(COc2cc(-c3ccc(O)c(F)c3)cn3cncc23)C1. The van der Waals surface area contributed by atoms with E-state index >= 15 is 0 Å². The van der Waals surface area contributed by atoms with Crippen LogP contribution < -0.4 is 4.74 Å². The van der Waals surface area contributed by atoms with Gasteiger partial charge in [-0.15, -0.1) is 0 Å². The number of imidazole rings is 1. The number of amides is 1. The summed E-state index contributed by atoms with van der Waals surface area (Å²) in [5.41, 5.74) is 2.17. The second-order valence-corrected chi connectivity index (χ2v) is 6.57. The van der Waals surface area contributed by atoms with Gasteiger partial charge in [-0.1, -0.05) is 12.6 Å². The van der Waals surface area contributed by atoms with Crippen LogP contribution in [0.5, 0.6) is 11.5 Å². The Hall–Kier alpha value is -3.35. The van der Waals surface area contributed by atoms with E-state index in [2.05, 4.69) is 11.6 Å². The number of pyridine rings is 1. The molecule has 0 bridgehead atoms. The maximum absolute atomic E-state index is 13.7. The molecule has 1 aliphatic rings. The molecule has 3 aromatic rings. The predicted molar refractivity (Wildman–Crippen MR) is 98.0 cm³/mol. The summed E-state index contributed by atoms with van der Waals surface area (Å²) < 4.78 is 21.5. The molecule has 3 heterocycles. The van der Waals surface area contributed by atoms with E-state index < -0.39 is 5.82 Å². The monoisotopic (exact) mass is 367 g/mol. The summed E-state index contributed by atoms with van der Waals surface area (Å²) in [6.45, 7) is 5.24. The molecular formula is C20H18FN3O3. The zero-order valence-corrected chi connectivity index (χ0v) is 14.5. The molecule has 1 aromatic carbocycles. The number of aromatic hydroxyl groups is 1. The molecule has 1 amide bonds. The number of carbonyl (C=O) groups excluding carboxylic acids is 1. The first-order valence-electron chi connectivity index (χ1n) is 8.54. The van der Waals surface area contributed by atoms with Gasteiger partial charge < -0.3 is 19.1 Å². The highest BCUT2D eigenvalue weighted by molar-refractivity contribution is 5.87. The average molecular weight is 367 g/mol. The number of phenols is 1. The van der Waals surface area contributed by atoms with Crippen LogP contribution in [0.15, 0.2) is 55.6 Å². The van der Waals surface area contributed by atoms with E-state index in [0.29, 0.717) is 31.0 Å². The zero-order chi connectivity index (χ0) is 19.0. The third kappa shape index (κ3) is 3.23. The lowest BCUT2D eigenvalue weighted by Crippen LogP contribution is -2.51. The Bertz CT molecular complexity index is 1020. The second-order valence-electron chi connectivity index (χ2n) is 6.57. The Balaban J connectivity index is 1.55. The average Bonchev–Trinajstić information content (AvgIpc) is 3.11. The number of nitrogens with zero attached hydrogens (tertiary/aromatic N) is 3. The van der Waals surface area contributed by atoms with Crippen molar-refractivity contribution in [2.75, 3.05) is 19.7 Å². The number of rotatable bonds is 5. The number of hydrogen-bond acceptors (Lipinski definition) is 4. The largest absolute Gasteiger partial charge is 0.505 e. The molecule has 138 valence electrons. The second kappa shape index (κ2) is 6.75. The van der Waals surface area contributed by atoms with E-state index in [1.807, 2.05) is 16.7 Å². The Morgan fingerprint density at radius 3 is 2.93 bits per heavy atom. The van der Waals surface area contributed by atoms with Crippen molar-refractivity contribution in [1.82, 2.24) is 14.3 Å². The van der Waals surface area contributed by atoms with Crippen molar-refractivity contribution in [1.29, 1.82) is 0 Å². The lowest BCUT2D eigenvalue weighted by molar-refractivity contribution is -0.132. The van der Waals surface area contributed by atoms with Crippen molar-refractivity contribution >= 4 is 11.4 Å². The number of likely N-dealkylation sites (tertiary alicyclic amines) is 1. The molecule has 2 aromatic heterocycles. The lowest BCUT2D eigenvalue weighted by Gasteiger charge is -2.38. The van der Waals surface area contributed by atoms with Crippen LogP contribution in [0, 0.1) is 11.7 Å². The Kier molecular flexibility index (Phi) is 4.27. The van der Waals surface area contributed by atoms with Gasteiger partial charge in [0.1, 0.15) is 11.3 Å². The molecular weight excluding hydrogens is 349 g/mol. The van der Waals surface area contributed by atoms with E-state index in [-0.39, 0.29) is 17.6 Å². The molecule has 1 saturated heterocycles. The fraction of sp³-hybridized carbons (Fsp3) is 0.200. The van der Waals surface area contributed by atoms with Crippen LogP contribution in [0.2, 0.25) is 0 Å². The van der Waals surface area contributed by atoms with Crippen LogP contribution in [-0.2, 0) is 4.79 Å². The maximum Gasteiger partial charge on any atom is 0.245 e. The van der Waals surface area contributed by atoms with Crippen LogP contribution in [0.1, 0.15) is 0 Å². The summed E-state index contributed by atoms with van der Waals surface area (Å²) >= 11 is 0. The maximum atomic E-state index is 13.7. The van der Waals surface area contributed by atoms with E-state index in [9.17, 15) is 14.3 Å². The van der Waals surface area contributed by atoms with Gasteiger partial charge in [0.15, 0.2) is 11.6 Å². The highest BCUT2D eigenvalue weighted by atomic mass is 19.1. The van der Waals surface area contributed by atoms with Crippen LogP contribution in [0.3, 0.4) is 0 Å². The first kappa shape index (κ1) is 17.1. The lowest BCUT2D eigenvalue weighted by atomic mass is 10.0. The van der Waals surface area contributed by atoms with Gasteiger partial charge in [-0.05, 0) is 29.8 Å². The number of hydrogen-bond donors (Lipinski definition) is 1. The van der Waals surface area contributed by atoms with Gasteiger partial charge in [-0.3, -0.25) is 4.79 Å². The number of fused-ring (bicyclic) bond motifs is 1. The van der Waals surface area contributed by atoms with E-state index in [1.165, 1.54) is 18.2 Å². The van der Waals surface area contributed by atoms with Crippen LogP contribution in [0.25, 0.3) is 16.6 Å². The number of aromatic nitrogens is 2. The van der Waals surface area contributed by atoms with Gasteiger partial charge in [-0.25, -0.2) is 9.37 Å². The van der Waals surface area contributed by atoms with Crippen LogP contribution >= 0.6 is 0 Å². The Morgan fingerprint density at radius 2 is 2.19 bits per heavy atom. The summed E-state index contributed by atoms with van der Waals surface area (Å²) in [4.78, 5) is 17.4. The molecule has 0 unspecified atom stereocenters. The summed E-state index contributed by atoms with van der Waals surface area (Å²) in [6, 6.07) is 6.07. The summed E-state index contributed by atoms with van der Waals surface area (Å²) in [6.07, 6.45) is 6.49. The van der Waals surface area contributed by atoms with Crippen molar-refractivity contribution in [3.8, 4) is 22.6 Å². The van der Waals surface area contributed by atoms with Gasteiger partial charge in [0.05, 0.1) is 19.1 Å². The normalized spacial score (nSPS) is 14.2. The third-order valence-electron chi connectivity index (χ3n) is 4.68. The minimum absolute atomic E-state index is 0.0687. The van der Waals surface area contributed by atoms with Crippen molar-refractivity contribution in [2.24, 2.45) is 5.92 Å². The van der Waals surface area contributed by atoms with Gasteiger partial charge in [0.25, 0.3) is 0 Å². The summed E-state index contributed by atoms with van der Waals surface area (Å²) in [5.74, 6) is -0.246. The first-order chi connectivity index (χ1) is 13.0. The molecule has 0 radical (unpaired) electrons. The standard InChI is InChI=1S/C20H18FN3O3/c1-2-20(26)23-8-13(9-23)11-27-19-6-15(10-24-12-22-7-17(19)24)14-3-4-18(25)16(21)5-14/h2-7,10,12-13,25H,1,8-9,11H2. The molecule has 1 aliphatic heterocycles. The van der Waals surface area contributed by atoms with E-state index in [1.54, 1.807) is 23.5 Å². The van der Waals surface area contributed by atoms with E-state index in [0.717, 1.165) is 11.1 Å². The van der Waals surface area contributed by atoms with Gasteiger partial charge in [0, 0.05) is 30.8 Å².